The number of halogens is 1. The van der Waals surface area contributed by atoms with Gasteiger partial charge >= 0.3 is 0 Å². The molecule has 0 amide bonds. The Morgan fingerprint density at radius 1 is 0.929 bits per heavy atom. The summed E-state index contributed by atoms with van der Waals surface area (Å²) in [5.74, 6) is 0.442. The fraction of sp³-hybridized carbons (Fsp3) is 0.242. The Balaban J connectivity index is 1.26. The van der Waals surface area contributed by atoms with E-state index in [2.05, 4.69) is 68.9 Å². The first-order chi connectivity index (χ1) is 20.5. The summed E-state index contributed by atoms with van der Waals surface area (Å²) in [5.41, 5.74) is 6.08. The molecule has 0 spiro atoms. The maximum atomic E-state index is 14.2. The van der Waals surface area contributed by atoms with Crippen LogP contribution in [0.4, 0.5) is 23.0 Å². The first kappa shape index (κ1) is 26.5. The van der Waals surface area contributed by atoms with E-state index >= 15 is 0 Å². The molecular weight excluding hydrogens is 546 g/mol. The molecule has 2 N–H and O–H groups in total. The SMILES string of the molecule is CN1CCN(c2ccc(Nc3ncc4cc(-c5ccccc5Cl)c(=O)n(C5CNc6ccccc6C5)c4n3)cc2)CC1. The highest BCUT2D eigenvalue weighted by Gasteiger charge is 2.25. The molecule has 1 fully saturated rings. The first-order valence-electron chi connectivity index (χ1n) is 14.3. The summed E-state index contributed by atoms with van der Waals surface area (Å²) in [4.78, 5) is 28.5. The van der Waals surface area contributed by atoms with Crippen molar-refractivity contribution < 1.29 is 0 Å². The van der Waals surface area contributed by atoms with E-state index < -0.39 is 0 Å². The Hall–Kier alpha value is -4.40. The van der Waals surface area contributed by atoms with Crippen LogP contribution in [-0.2, 0) is 6.42 Å². The third-order valence-corrected chi connectivity index (χ3v) is 8.62. The second-order valence-corrected chi connectivity index (χ2v) is 11.5. The van der Waals surface area contributed by atoms with Crippen molar-refractivity contribution >= 4 is 45.6 Å². The molecule has 0 aliphatic carbocycles. The van der Waals surface area contributed by atoms with Crippen LogP contribution >= 0.6 is 11.6 Å². The van der Waals surface area contributed by atoms with Gasteiger partial charge in [0.25, 0.3) is 5.56 Å². The topological polar surface area (TPSA) is 78.3 Å². The third-order valence-electron chi connectivity index (χ3n) is 8.30. The average molecular weight is 578 g/mol. The van der Waals surface area contributed by atoms with Crippen molar-refractivity contribution in [1.82, 2.24) is 19.4 Å². The van der Waals surface area contributed by atoms with Crippen LogP contribution in [0.15, 0.2) is 89.9 Å². The highest BCUT2D eigenvalue weighted by atomic mass is 35.5. The van der Waals surface area contributed by atoms with Gasteiger partial charge in [0.05, 0.1) is 6.04 Å². The lowest BCUT2D eigenvalue weighted by atomic mass is 9.98. The van der Waals surface area contributed by atoms with Gasteiger partial charge in [0.15, 0.2) is 0 Å². The predicted molar refractivity (Wildman–Crippen MR) is 171 cm³/mol. The number of hydrogen-bond acceptors (Lipinski definition) is 7. The molecule has 1 unspecified atom stereocenters. The van der Waals surface area contributed by atoms with Crippen LogP contribution < -0.4 is 21.1 Å². The number of para-hydroxylation sites is 1. The summed E-state index contributed by atoms with van der Waals surface area (Å²) >= 11 is 6.56. The molecule has 1 atom stereocenters. The standard InChI is InChI=1S/C33H32ClN7O/c1-39-14-16-40(17-15-39)25-12-10-24(11-13-25)37-33-36-20-23-19-28(27-7-3-4-8-29(27)34)32(42)41(31(23)38-33)26-18-22-6-2-5-9-30(22)35-21-26/h2-13,19-20,26,35H,14-18,21H2,1H3,(H,36,37,38). The number of pyridine rings is 1. The number of anilines is 4. The minimum Gasteiger partial charge on any atom is -0.383 e. The lowest BCUT2D eigenvalue weighted by Gasteiger charge is -2.34. The zero-order chi connectivity index (χ0) is 28.6. The van der Waals surface area contributed by atoms with Gasteiger partial charge in [-0.1, -0.05) is 48.0 Å². The van der Waals surface area contributed by atoms with Gasteiger partial charge in [-0.05, 0) is 61.5 Å². The Morgan fingerprint density at radius 2 is 1.69 bits per heavy atom. The summed E-state index contributed by atoms with van der Waals surface area (Å²) in [6, 6.07) is 25.8. The van der Waals surface area contributed by atoms with E-state index in [4.69, 9.17) is 16.6 Å². The second-order valence-electron chi connectivity index (χ2n) is 11.0. The zero-order valence-corrected chi connectivity index (χ0v) is 24.2. The van der Waals surface area contributed by atoms with Crippen molar-refractivity contribution in [2.45, 2.75) is 12.5 Å². The molecule has 2 aliphatic heterocycles. The molecule has 42 heavy (non-hydrogen) atoms. The van der Waals surface area contributed by atoms with Gasteiger partial charge in [-0.2, -0.15) is 4.98 Å². The number of hydrogen-bond donors (Lipinski definition) is 2. The number of fused-ring (bicyclic) bond motifs is 2. The Bertz CT molecular complexity index is 1810. The van der Waals surface area contributed by atoms with Crippen molar-refractivity contribution in [3.8, 4) is 11.1 Å². The summed E-state index contributed by atoms with van der Waals surface area (Å²) in [5, 5.41) is 8.18. The van der Waals surface area contributed by atoms with Gasteiger partial charge in [-0.15, -0.1) is 0 Å². The van der Waals surface area contributed by atoms with Crippen LogP contribution in [0.2, 0.25) is 5.02 Å². The quantitative estimate of drug-likeness (QED) is 0.273. The van der Waals surface area contributed by atoms with Crippen molar-refractivity contribution in [3.63, 3.8) is 0 Å². The third kappa shape index (κ3) is 5.08. The van der Waals surface area contributed by atoms with Crippen LogP contribution in [0, 0.1) is 0 Å². The molecule has 0 radical (unpaired) electrons. The van der Waals surface area contributed by atoms with Crippen LogP contribution in [0.1, 0.15) is 11.6 Å². The van der Waals surface area contributed by atoms with Gasteiger partial charge < -0.3 is 20.4 Å². The average Bonchev–Trinajstić information content (AvgIpc) is 3.02. The molecular formula is C33H32ClN7O. The molecule has 2 aromatic heterocycles. The minimum absolute atomic E-state index is 0.122. The smallest absolute Gasteiger partial charge is 0.260 e. The fourth-order valence-corrected chi connectivity index (χ4v) is 6.19. The van der Waals surface area contributed by atoms with Gasteiger partial charge in [0.1, 0.15) is 5.65 Å². The van der Waals surface area contributed by atoms with Crippen molar-refractivity contribution in [2.75, 3.05) is 55.3 Å². The molecule has 3 aromatic carbocycles. The van der Waals surface area contributed by atoms with E-state index in [0.717, 1.165) is 42.9 Å². The van der Waals surface area contributed by atoms with Crippen LogP contribution in [0.5, 0.6) is 0 Å². The second kappa shape index (κ2) is 11.1. The largest absolute Gasteiger partial charge is 0.383 e. The molecule has 7 rings (SSSR count). The van der Waals surface area contributed by atoms with E-state index in [1.165, 1.54) is 11.3 Å². The number of benzene rings is 3. The first-order valence-corrected chi connectivity index (χ1v) is 14.7. The Kier molecular flexibility index (Phi) is 7.01. The summed E-state index contributed by atoms with van der Waals surface area (Å²) in [6.45, 7) is 4.77. The zero-order valence-electron chi connectivity index (χ0n) is 23.4. The summed E-state index contributed by atoms with van der Waals surface area (Å²) < 4.78 is 1.82. The number of aromatic nitrogens is 3. The lowest BCUT2D eigenvalue weighted by molar-refractivity contribution is 0.313. The van der Waals surface area contributed by atoms with E-state index in [0.29, 0.717) is 40.7 Å². The number of nitrogens with one attached hydrogen (secondary N) is 2. The number of nitrogens with zero attached hydrogens (tertiary/aromatic N) is 5. The number of rotatable bonds is 5. The molecule has 1 saturated heterocycles. The molecule has 4 heterocycles. The summed E-state index contributed by atoms with van der Waals surface area (Å²) in [7, 11) is 2.16. The van der Waals surface area contributed by atoms with E-state index in [-0.39, 0.29) is 11.6 Å². The van der Waals surface area contributed by atoms with Gasteiger partial charge in [0.2, 0.25) is 5.95 Å². The number of piperazine rings is 1. The number of likely N-dealkylation sites (N-methyl/N-ethyl adjacent to an activating group) is 1. The highest BCUT2D eigenvalue weighted by molar-refractivity contribution is 6.33. The minimum atomic E-state index is -0.136. The molecule has 2 aliphatic rings. The van der Waals surface area contributed by atoms with Gasteiger partial charge in [0, 0.05) is 77.5 Å². The molecule has 0 bridgehead atoms. The van der Waals surface area contributed by atoms with E-state index in [1.54, 1.807) is 6.20 Å². The summed E-state index contributed by atoms with van der Waals surface area (Å²) in [6.07, 6.45) is 2.49. The Morgan fingerprint density at radius 3 is 2.50 bits per heavy atom. The van der Waals surface area contributed by atoms with Gasteiger partial charge in [-0.3, -0.25) is 9.36 Å². The van der Waals surface area contributed by atoms with Crippen LogP contribution in [-0.4, -0.2) is 59.2 Å². The molecule has 212 valence electrons. The molecule has 9 heteroatoms. The maximum Gasteiger partial charge on any atom is 0.260 e. The van der Waals surface area contributed by atoms with Crippen molar-refractivity contribution in [3.05, 3.63) is 106 Å². The normalized spacial score (nSPS) is 17.1. The van der Waals surface area contributed by atoms with Gasteiger partial charge in [-0.25, -0.2) is 4.98 Å². The Labute approximate surface area is 249 Å². The van der Waals surface area contributed by atoms with E-state index in [1.807, 2.05) is 47.0 Å². The van der Waals surface area contributed by atoms with Crippen LogP contribution in [0.3, 0.4) is 0 Å². The molecule has 5 aromatic rings. The van der Waals surface area contributed by atoms with E-state index in [9.17, 15) is 4.79 Å². The lowest BCUT2D eigenvalue weighted by Crippen LogP contribution is -2.44. The molecule has 0 saturated carbocycles. The fourth-order valence-electron chi connectivity index (χ4n) is 5.95. The van der Waals surface area contributed by atoms with Crippen molar-refractivity contribution in [1.29, 1.82) is 0 Å². The monoisotopic (exact) mass is 577 g/mol. The predicted octanol–water partition coefficient (Wildman–Crippen LogP) is 5.82. The van der Waals surface area contributed by atoms with Crippen LogP contribution in [0.25, 0.3) is 22.2 Å². The maximum absolute atomic E-state index is 14.2. The highest BCUT2D eigenvalue weighted by Crippen LogP contribution is 2.32. The van der Waals surface area contributed by atoms with Crippen molar-refractivity contribution in [2.24, 2.45) is 0 Å². The molecule has 8 nitrogen and oxygen atoms in total.